The summed E-state index contributed by atoms with van der Waals surface area (Å²) >= 11 is 0. The van der Waals surface area contributed by atoms with Gasteiger partial charge in [0, 0.05) is 12.5 Å². The molecule has 2 heterocycles. The standard InChI is InChI=1S/C17H25N3O3/c1-11(2)14-18-12(3)13(15(21)19-14)16(22)20-8-9-23-17(10-20)6-4-5-7-17/h11H,4-10H2,1-3H3,(H,18,19,21). The predicted molar refractivity (Wildman–Crippen MR) is 86.7 cm³/mol. The second kappa shape index (κ2) is 6.07. The molecule has 1 aliphatic heterocycles. The molecule has 0 radical (unpaired) electrons. The highest BCUT2D eigenvalue weighted by atomic mass is 16.5. The number of nitrogens with one attached hydrogen (secondary N) is 1. The molecule has 0 aromatic carbocycles. The van der Waals surface area contributed by atoms with E-state index in [1.165, 1.54) is 0 Å². The maximum absolute atomic E-state index is 12.9. The lowest BCUT2D eigenvalue weighted by molar-refractivity contribution is -0.0948. The van der Waals surface area contributed by atoms with Gasteiger partial charge in [-0.05, 0) is 19.8 Å². The average molecular weight is 319 g/mol. The number of carbonyl (C=O) groups excluding carboxylic acids is 1. The monoisotopic (exact) mass is 319 g/mol. The fraction of sp³-hybridized carbons (Fsp3) is 0.706. The summed E-state index contributed by atoms with van der Waals surface area (Å²) in [6.07, 6.45) is 4.28. The fourth-order valence-electron chi connectivity index (χ4n) is 3.63. The first-order valence-electron chi connectivity index (χ1n) is 8.46. The van der Waals surface area contributed by atoms with E-state index in [0.717, 1.165) is 25.7 Å². The number of hydrogen-bond acceptors (Lipinski definition) is 4. The second-order valence-corrected chi connectivity index (χ2v) is 7.03. The molecule has 1 N–H and O–H groups in total. The van der Waals surface area contributed by atoms with Crippen molar-refractivity contribution in [2.45, 2.75) is 58.0 Å². The van der Waals surface area contributed by atoms with E-state index in [1.807, 2.05) is 13.8 Å². The van der Waals surface area contributed by atoms with E-state index in [2.05, 4.69) is 9.97 Å². The zero-order valence-corrected chi connectivity index (χ0v) is 14.1. The molecule has 1 saturated carbocycles. The molecular formula is C17H25N3O3. The normalized spacial score (nSPS) is 20.4. The Kier molecular flexibility index (Phi) is 4.27. The summed E-state index contributed by atoms with van der Waals surface area (Å²) in [5.41, 5.74) is 0.150. The largest absolute Gasteiger partial charge is 0.371 e. The molecular weight excluding hydrogens is 294 g/mol. The summed E-state index contributed by atoms with van der Waals surface area (Å²) in [6, 6.07) is 0. The summed E-state index contributed by atoms with van der Waals surface area (Å²) < 4.78 is 5.96. The van der Waals surface area contributed by atoms with Gasteiger partial charge in [-0.3, -0.25) is 9.59 Å². The van der Waals surface area contributed by atoms with Crippen molar-refractivity contribution in [2.24, 2.45) is 0 Å². The number of H-pyrrole nitrogens is 1. The van der Waals surface area contributed by atoms with E-state index < -0.39 is 0 Å². The van der Waals surface area contributed by atoms with Gasteiger partial charge < -0.3 is 14.6 Å². The third-order valence-electron chi connectivity index (χ3n) is 4.93. The van der Waals surface area contributed by atoms with E-state index in [4.69, 9.17) is 4.74 Å². The van der Waals surface area contributed by atoms with Crippen LogP contribution in [-0.4, -0.2) is 46.1 Å². The molecule has 23 heavy (non-hydrogen) atoms. The average Bonchev–Trinajstić information content (AvgIpc) is 2.94. The van der Waals surface area contributed by atoms with E-state index in [0.29, 0.717) is 31.2 Å². The van der Waals surface area contributed by atoms with Gasteiger partial charge in [-0.2, -0.15) is 0 Å². The van der Waals surface area contributed by atoms with Crippen molar-refractivity contribution in [2.75, 3.05) is 19.7 Å². The molecule has 0 bridgehead atoms. The highest BCUT2D eigenvalue weighted by Crippen LogP contribution is 2.36. The quantitative estimate of drug-likeness (QED) is 0.904. The van der Waals surface area contributed by atoms with Crippen LogP contribution in [0.15, 0.2) is 4.79 Å². The molecule has 3 rings (SSSR count). The Hall–Kier alpha value is -1.69. The molecule has 1 aromatic heterocycles. The number of rotatable bonds is 2. The van der Waals surface area contributed by atoms with Gasteiger partial charge in [-0.25, -0.2) is 4.98 Å². The summed E-state index contributed by atoms with van der Waals surface area (Å²) in [4.78, 5) is 34.2. The number of hydrogen-bond donors (Lipinski definition) is 1. The van der Waals surface area contributed by atoms with Gasteiger partial charge in [0.25, 0.3) is 11.5 Å². The van der Waals surface area contributed by atoms with Gasteiger partial charge >= 0.3 is 0 Å². The number of ether oxygens (including phenoxy) is 1. The molecule has 126 valence electrons. The zero-order chi connectivity index (χ0) is 16.6. The molecule has 1 spiro atoms. The Morgan fingerprint density at radius 2 is 2.04 bits per heavy atom. The highest BCUT2D eigenvalue weighted by molar-refractivity contribution is 5.95. The van der Waals surface area contributed by atoms with Crippen LogP contribution in [0.3, 0.4) is 0 Å². The topological polar surface area (TPSA) is 75.3 Å². The lowest BCUT2D eigenvalue weighted by Gasteiger charge is -2.40. The van der Waals surface area contributed by atoms with E-state index >= 15 is 0 Å². The lowest BCUT2D eigenvalue weighted by atomic mass is 9.99. The summed E-state index contributed by atoms with van der Waals surface area (Å²) in [6.45, 7) is 7.32. The number of aryl methyl sites for hydroxylation is 1. The van der Waals surface area contributed by atoms with Gasteiger partial charge in [0.2, 0.25) is 0 Å². The van der Waals surface area contributed by atoms with Crippen LogP contribution in [0.5, 0.6) is 0 Å². The Morgan fingerprint density at radius 3 is 2.65 bits per heavy atom. The second-order valence-electron chi connectivity index (χ2n) is 7.03. The van der Waals surface area contributed by atoms with Gasteiger partial charge in [-0.1, -0.05) is 26.7 Å². The third kappa shape index (κ3) is 3.04. The van der Waals surface area contributed by atoms with Crippen LogP contribution in [0.4, 0.5) is 0 Å². The Labute approximate surface area is 136 Å². The molecule has 6 heteroatoms. The molecule has 1 amide bonds. The molecule has 1 aromatic rings. The number of nitrogens with zero attached hydrogens (tertiary/aromatic N) is 2. The summed E-state index contributed by atoms with van der Waals surface area (Å²) in [5, 5.41) is 0. The number of morpholine rings is 1. The van der Waals surface area contributed by atoms with Crippen LogP contribution >= 0.6 is 0 Å². The van der Waals surface area contributed by atoms with Crippen LogP contribution in [0.25, 0.3) is 0 Å². The van der Waals surface area contributed by atoms with E-state index in [-0.39, 0.29) is 28.5 Å². The molecule has 1 aliphatic carbocycles. The molecule has 1 saturated heterocycles. The molecule has 0 atom stereocenters. The Morgan fingerprint density at radius 1 is 1.35 bits per heavy atom. The maximum Gasteiger partial charge on any atom is 0.264 e. The third-order valence-corrected chi connectivity index (χ3v) is 4.93. The van der Waals surface area contributed by atoms with Crippen molar-refractivity contribution in [3.8, 4) is 0 Å². The number of aromatic nitrogens is 2. The molecule has 0 unspecified atom stereocenters. The van der Waals surface area contributed by atoms with Crippen molar-refractivity contribution in [1.29, 1.82) is 0 Å². The lowest BCUT2D eigenvalue weighted by Crippen LogP contribution is -2.53. The van der Waals surface area contributed by atoms with Gasteiger partial charge in [-0.15, -0.1) is 0 Å². The fourth-order valence-corrected chi connectivity index (χ4v) is 3.63. The summed E-state index contributed by atoms with van der Waals surface area (Å²) in [7, 11) is 0. The maximum atomic E-state index is 12.9. The predicted octanol–water partition coefficient (Wildman–Crippen LogP) is 1.99. The van der Waals surface area contributed by atoms with Crippen LogP contribution in [0.1, 0.15) is 67.3 Å². The van der Waals surface area contributed by atoms with Crippen molar-refractivity contribution >= 4 is 5.91 Å². The summed E-state index contributed by atoms with van der Waals surface area (Å²) in [5.74, 6) is 0.523. The van der Waals surface area contributed by atoms with Crippen LogP contribution in [0, 0.1) is 6.92 Å². The van der Waals surface area contributed by atoms with Crippen molar-refractivity contribution in [1.82, 2.24) is 14.9 Å². The van der Waals surface area contributed by atoms with Gasteiger partial charge in [0.05, 0.1) is 24.4 Å². The Balaban J connectivity index is 1.87. The molecule has 2 fully saturated rings. The van der Waals surface area contributed by atoms with Gasteiger partial charge in [0.1, 0.15) is 11.4 Å². The van der Waals surface area contributed by atoms with Crippen LogP contribution in [-0.2, 0) is 4.74 Å². The molecule has 6 nitrogen and oxygen atoms in total. The smallest absolute Gasteiger partial charge is 0.264 e. The number of carbonyl (C=O) groups is 1. The SMILES string of the molecule is Cc1nc(C(C)C)[nH]c(=O)c1C(=O)N1CCOC2(CCCC2)C1. The number of aromatic amines is 1. The minimum atomic E-state index is -0.335. The zero-order valence-electron chi connectivity index (χ0n) is 14.1. The molecule has 2 aliphatic rings. The van der Waals surface area contributed by atoms with Crippen LogP contribution < -0.4 is 5.56 Å². The van der Waals surface area contributed by atoms with Crippen molar-refractivity contribution in [3.05, 3.63) is 27.4 Å². The first-order chi connectivity index (χ1) is 10.9. The van der Waals surface area contributed by atoms with Gasteiger partial charge in [0.15, 0.2) is 0 Å². The Bertz CT molecular complexity index is 660. The minimum absolute atomic E-state index is 0.121. The van der Waals surface area contributed by atoms with Crippen molar-refractivity contribution < 1.29 is 9.53 Å². The first-order valence-corrected chi connectivity index (χ1v) is 8.46. The van der Waals surface area contributed by atoms with Crippen LogP contribution in [0.2, 0.25) is 0 Å². The minimum Gasteiger partial charge on any atom is -0.371 e. The number of amides is 1. The first kappa shape index (κ1) is 16.2. The van der Waals surface area contributed by atoms with E-state index in [9.17, 15) is 9.59 Å². The van der Waals surface area contributed by atoms with E-state index in [1.54, 1.807) is 11.8 Å². The van der Waals surface area contributed by atoms with Crippen molar-refractivity contribution in [3.63, 3.8) is 0 Å². The highest BCUT2D eigenvalue weighted by Gasteiger charge is 2.41.